The molecule has 150 valence electrons. The summed E-state index contributed by atoms with van der Waals surface area (Å²) in [5.41, 5.74) is 7.69. The van der Waals surface area contributed by atoms with E-state index in [1.165, 1.54) is 33.6 Å². The molecule has 0 atom stereocenters. The SMILES string of the molecule is CCc1c(C)c(CC)c(CC(C)(C)C)c(OC(C)(C)C)c1CC(C)(C)C. The molecule has 0 fully saturated rings. The molecule has 1 aromatic carbocycles. The maximum absolute atomic E-state index is 6.70. The van der Waals surface area contributed by atoms with E-state index in [0.29, 0.717) is 0 Å². The average Bonchev–Trinajstić information content (AvgIpc) is 2.39. The van der Waals surface area contributed by atoms with Crippen LogP contribution in [-0.2, 0) is 25.7 Å². The smallest absolute Gasteiger partial charge is 0.127 e. The number of hydrogen-bond acceptors (Lipinski definition) is 1. The molecule has 0 spiro atoms. The fourth-order valence-electron chi connectivity index (χ4n) is 3.91. The Balaban J connectivity index is 3.88. The highest BCUT2D eigenvalue weighted by atomic mass is 16.5. The molecule has 0 N–H and O–H groups in total. The van der Waals surface area contributed by atoms with E-state index in [1.54, 1.807) is 0 Å². The number of rotatable bonds is 5. The van der Waals surface area contributed by atoms with E-state index in [4.69, 9.17) is 4.74 Å². The van der Waals surface area contributed by atoms with Gasteiger partial charge >= 0.3 is 0 Å². The van der Waals surface area contributed by atoms with Gasteiger partial charge in [-0.2, -0.15) is 0 Å². The van der Waals surface area contributed by atoms with Gasteiger partial charge in [0.2, 0.25) is 0 Å². The third kappa shape index (κ3) is 6.32. The third-order valence-corrected chi connectivity index (χ3v) is 4.71. The van der Waals surface area contributed by atoms with Gasteiger partial charge in [-0.05, 0) is 92.0 Å². The van der Waals surface area contributed by atoms with Crippen molar-refractivity contribution in [3.05, 3.63) is 27.8 Å². The van der Waals surface area contributed by atoms with Crippen LogP contribution in [-0.4, -0.2) is 5.60 Å². The largest absolute Gasteiger partial charge is 0.488 e. The molecule has 1 rings (SSSR count). The molecule has 0 bridgehead atoms. The second kappa shape index (κ2) is 7.95. The summed E-state index contributed by atoms with van der Waals surface area (Å²) in [6.45, 7) is 27.4. The predicted octanol–water partition coefficient (Wildman–Crippen LogP) is 7.47. The normalized spacial score (nSPS) is 13.2. The standard InChI is InChI=1S/C25H44O/c1-13-18-17(3)19(14-2)21(16-24(7,8)9)22(26-25(10,11)12)20(18)15-23(4,5)6/h13-16H2,1-12H3. The predicted molar refractivity (Wildman–Crippen MR) is 117 cm³/mol. The first kappa shape index (κ1) is 23.1. The minimum Gasteiger partial charge on any atom is -0.488 e. The summed E-state index contributed by atoms with van der Waals surface area (Å²) in [5, 5.41) is 0. The number of hydrogen-bond donors (Lipinski definition) is 0. The first-order valence-electron chi connectivity index (χ1n) is 10.4. The molecule has 0 radical (unpaired) electrons. The van der Waals surface area contributed by atoms with E-state index in [-0.39, 0.29) is 16.4 Å². The lowest BCUT2D eigenvalue weighted by molar-refractivity contribution is 0.125. The summed E-state index contributed by atoms with van der Waals surface area (Å²) in [4.78, 5) is 0. The Morgan fingerprint density at radius 2 is 0.962 bits per heavy atom. The number of ether oxygens (including phenoxy) is 1. The van der Waals surface area contributed by atoms with Crippen molar-refractivity contribution >= 4 is 0 Å². The van der Waals surface area contributed by atoms with Crippen molar-refractivity contribution in [3.8, 4) is 5.75 Å². The quantitative estimate of drug-likeness (QED) is 0.529. The second-order valence-corrected chi connectivity index (χ2v) is 11.3. The van der Waals surface area contributed by atoms with Crippen molar-refractivity contribution in [1.29, 1.82) is 0 Å². The summed E-state index contributed by atoms with van der Waals surface area (Å²) >= 11 is 0. The van der Waals surface area contributed by atoms with Crippen LogP contribution < -0.4 is 4.74 Å². The van der Waals surface area contributed by atoms with Crippen LogP contribution in [0.15, 0.2) is 0 Å². The average molecular weight is 361 g/mol. The zero-order valence-electron chi connectivity index (χ0n) is 19.7. The summed E-state index contributed by atoms with van der Waals surface area (Å²) < 4.78 is 6.70. The molecule has 1 heteroatoms. The van der Waals surface area contributed by atoms with Crippen LogP contribution in [0.1, 0.15) is 104 Å². The maximum Gasteiger partial charge on any atom is 0.127 e. The van der Waals surface area contributed by atoms with Gasteiger partial charge in [-0.1, -0.05) is 55.4 Å². The van der Waals surface area contributed by atoms with E-state index in [9.17, 15) is 0 Å². The van der Waals surface area contributed by atoms with Crippen molar-refractivity contribution in [1.82, 2.24) is 0 Å². The maximum atomic E-state index is 6.70. The topological polar surface area (TPSA) is 9.23 Å². The van der Waals surface area contributed by atoms with Gasteiger partial charge in [-0.3, -0.25) is 0 Å². The Labute approximate surface area is 163 Å². The van der Waals surface area contributed by atoms with Crippen molar-refractivity contribution in [2.45, 2.75) is 114 Å². The first-order chi connectivity index (χ1) is 11.6. The zero-order valence-corrected chi connectivity index (χ0v) is 19.7. The highest BCUT2D eigenvalue weighted by Gasteiger charge is 2.29. The van der Waals surface area contributed by atoms with Gasteiger partial charge in [0.1, 0.15) is 11.4 Å². The van der Waals surface area contributed by atoms with E-state index in [2.05, 4.69) is 83.1 Å². The molecule has 0 heterocycles. The molecular formula is C25H44O. The van der Waals surface area contributed by atoms with Crippen molar-refractivity contribution in [3.63, 3.8) is 0 Å². The molecule has 1 aromatic rings. The molecule has 0 amide bonds. The molecule has 0 aliphatic rings. The van der Waals surface area contributed by atoms with Crippen LogP contribution in [0.4, 0.5) is 0 Å². The summed E-state index contributed by atoms with van der Waals surface area (Å²) in [7, 11) is 0. The van der Waals surface area contributed by atoms with Gasteiger partial charge in [0.05, 0.1) is 0 Å². The molecule has 0 aromatic heterocycles. The summed E-state index contributed by atoms with van der Waals surface area (Å²) in [5.74, 6) is 1.18. The Hall–Kier alpha value is -0.980. The molecule has 0 saturated carbocycles. The van der Waals surface area contributed by atoms with E-state index < -0.39 is 0 Å². The molecule has 26 heavy (non-hydrogen) atoms. The lowest BCUT2D eigenvalue weighted by Gasteiger charge is -2.34. The van der Waals surface area contributed by atoms with Gasteiger partial charge in [-0.15, -0.1) is 0 Å². The lowest BCUT2D eigenvalue weighted by atomic mass is 9.77. The van der Waals surface area contributed by atoms with Gasteiger partial charge in [-0.25, -0.2) is 0 Å². The Morgan fingerprint density at radius 1 is 0.615 bits per heavy atom. The lowest BCUT2D eigenvalue weighted by Crippen LogP contribution is -2.27. The van der Waals surface area contributed by atoms with Gasteiger partial charge in [0, 0.05) is 0 Å². The van der Waals surface area contributed by atoms with Gasteiger partial charge in [0.15, 0.2) is 0 Å². The summed E-state index contributed by atoms with van der Waals surface area (Å²) in [6, 6.07) is 0. The highest BCUT2D eigenvalue weighted by molar-refractivity contribution is 5.56. The molecule has 1 nitrogen and oxygen atoms in total. The van der Waals surface area contributed by atoms with E-state index >= 15 is 0 Å². The van der Waals surface area contributed by atoms with E-state index in [0.717, 1.165) is 25.7 Å². The third-order valence-electron chi connectivity index (χ3n) is 4.71. The van der Waals surface area contributed by atoms with Crippen LogP contribution in [0.3, 0.4) is 0 Å². The van der Waals surface area contributed by atoms with Crippen LogP contribution in [0, 0.1) is 17.8 Å². The van der Waals surface area contributed by atoms with Gasteiger partial charge < -0.3 is 4.74 Å². The Bertz CT molecular complexity index is 571. The fraction of sp³-hybridized carbons (Fsp3) is 0.760. The van der Waals surface area contributed by atoms with Crippen molar-refractivity contribution in [2.24, 2.45) is 10.8 Å². The van der Waals surface area contributed by atoms with Crippen LogP contribution >= 0.6 is 0 Å². The van der Waals surface area contributed by atoms with Crippen molar-refractivity contribution < 1.29 is 4.74 Å². The number of benzene rings is 1. The van der Waals surface area contributed by atoms with Crippen molar-refractivity contribution in [2.75, 3.05) is 0 Å². The van der Waals surface area contributed by atoms with E-state index in [1.807, 2.05) is 0 Å². The van der Waals surface area contributed by atoms with Gasteiger partial charge in [0.25, 0.3) is 0 Å². The minimum atomic E-state index is -0.190. The zero-order chi connectivity index (χ0) is 20.5. The Morgan fingerprint density at radius 3 is 1.19 bits per heavy atom. The summed E-state index contributed by atoms with van der Waals surface area (Å²) in [6.07, 6.45) is 4.26. The molecule has 0 unspecified atom stereocenters. The second-order valence-electron chi connectivity index (χ2n) is 11.3. The van der Waals surface area contributed by atoms with Crippen LogP contribution in [0.25, 0.3) is 0 Å². The Kier molecular flexibility index (Phi) is 7.05. The minimum absolute atomic E-state index is 0.190. The molecule has 0 saturated heterocycles. The fourth-order valence-corrected chi connectivity index (χ4v) is 3.91. The molecule has 0 aliphatic heterocycles. The molecule has 0 aliphatic carbocycles. The van der Waals surface area contributed by atoms with Crippen LogP contribution in [0.2, 0.25) is 0 Å². The monoisotopic (exact) mass is 360 g/mol. The first-order valence-corrected chi connectivity index (χ1v) is 10.4. The molecular weight excluding hydrogens is 316 g/mol. The van der Waals surface area contributed by atoms with Crippen LogP contribution in [0.5, 0.6) is 5.75 Å². The highest BCUT2D eigenvalue weighted by Crippen LogP contribution is 2.42.